The number of rotatable bonds is 6. The van der Waals surface area contributed by atoms with Crippen LogP contribution in [0.2, 0.25) is 0 Å². The number of carbonyl (C=O) groups is 1. The smallest absolute Gasteiger partial charge is 0.335 e. The maximum atomic E-state index is 11.2. The van der Waals surface area contributed by atoms with E-state index in [0.717, 1.165) is 11.3 Å². The van der Waals surface area contributed by atoms with Crippen LogP contribution in [0, 0.1) is 5.92 Å². The molecule has 1 atom stereocenters. The van der Waals surface area contributed by atoms with E-state index in [1.54, 1.807) is 0 Å². The average Bonchev–Trinajstić information content (AvgIpc) is 3.20. The number of benzene rings is 1. The highest BCUT2D eigenvalue weighted by molar-refractivity contribution is 5.74. The van der Waals surface area contributed by atoms with Crippen molar-refractivity contribution in [2.75, 3.05) is 13.7 Å². The van der Waals surface area contributed by atoms with Gasteiger partial charge in [-0.15, -0.1) is 0 Å². The third kappa shape index (κ3) is 3.47. The van der Waals surface area contributed by atoms with Crippen molar-refractivity contribution in [3.8, 4) is 5.75 Å². The summed E-state index contributed by atoms with van der Waals surface area (Å²) in [5, 5.41) is 9.66. The molecule has 18 heavy (non-hydrogen) atoms. The van der Waals surface area contributed by atoms with Crippen molar-refractivity contribution < 1.29 is 19.4 Å². The zero-order chi connectivity index (χ0) is 13.0. The van der Waals surface area contributed by atoms with E-state index in [-0.39, 0.29) is 6.42 Å². The number of aliphatic hydroxyl groups excluding tert-OH is 1. The van der Waals surface area contributed by atoms with Gasteiger partial charge < -0.3 is 14.6 Å². The number of aliphatic hydroxyl groups is 1. The van der Waals surface area contributed by atoms with E-state index in [4.69, 9.17) is 4.74 Å². The van der Waals surface area contributed by atoms with E-state index in [1.807, 2.05) is 24.3 Å². The number of methoxy groups -OCH3 is 1. The first-order valence-corrected chi connectivity index (χ1v) is 6.17. The molecule has 98 valence electrons. The molecule has 1 N–H and O–H groups in total. The Bertz CT molecular complexity index is 412. The first-order chi connectivity index (χ1) is 8.70. The quantitative estimate of drug-likeness (QED) is 0.778. The second kappa shape index (κ2) is 5.87. The summed E-state index contributed by atoms with van der Waals surface area (Å²) in [6, 6.07) is 7.47. The lowest BCUT2D eigenvalue weighted by Crippen LogP contribution is -2.24. The highest BCUT2D eigenvalue weighted by Crippen LogP contribution is 2.30. The van der Waals surface area contributed by atoms with Gasteiger partial charge in [0.05, 0.1) is 13.7 Å². The highest BCUT2D eigenvalue weighted by Gasteiger charge is 2.23. The Kier molecular flexibility index (Phi) is 4.20. The van der Waals surface area contributed by atoms with Gasteiger partial charge in [-0.2, -0.15) is 0 Å². The van der Waals surface area contributed by atoms with Crippen LogP contribution in [0.1, 0.15) is 18.4 Å². The fraction of sp³-hybridized carbons (Fsp3) is 0.500. The number of para-hydroxylation sites is 1. The minimum absolute atomic E-state index is 0.216. The molecular weight excluding hydrogens is 232 g/mol. The van der Waals surface area contributed by atoms with Crippen molar-refractivity contribution in [2.24, 2.45) is 5.92 Å². The van der Waals surface area contributed by atoms with Crippen LogP contribution in [0.4, 0.5) is 0 Å². The molecule has 1 saturated carbocycles. The molecule has 0 saturated heterocycles. The van der Waals surface area contributed by atoms with Crippen LogP contribution in [-0.2, 0) is 16.0 Å². The van der Waals surface area contributed by atoms with Crippen LogP contribution >= 0.6 is 0 Å². The second-order valence-corrected chi connectivity index (χ2v) is 4.61. The van der Waals surface area contributed by atoms with Crippen molar-refractivity contribution in [3.63, 3.8) is 0 Å². The Morgan fingerprint density at radius 1 is 1.44 bits per heavy atom. The van der Waals surface area contributed by atoms with E-state index < -0.39 is 12.1 Å². The van der Waals surface area contributed by atoms with Crippen LogP contribution < -0.4 is 4.74 Å². The standard InChI is InChI=1S/C14H18O4/c1-17-14(16)12(15)8-11-4-2-3-5-13(11)18-9-10-6-7-10/h2-5,10,12,15H,6-9H2,1H3. The Hall–Kier alpha value is -1.55. The Morgan fingerprint density at radius 2 is 2.17 bits per heavy atom. The minimum Gasteiger partial charge on any atom is -0.493 e. The molecule has 4 nitrogen and oxygen atoms in total. The summed E-state index contributed by atoms with van der Waals surface area (Å²) in [5.74, 6) is 0.794. The van der Waals surface area contributed by atoms with Gasteiger partial charge in [-0.25, -0.2) is 4.79 Å². The Labute approximate surface area is 107 Å². The van der Waals surface area contributed by atoms with E-state index in [1.165, 1.54) is 20.0 Å². The monoisotopic (exact) mass is 250 g/mol. The van der Waals surface area contributed by atoms with Gasteiger partial charge in [0.2, 0.25) is 0 Å². The first kappa shape index (κ1) is 12.9. The summed E-state index contributed by atoms with van der Waals surface area (Å²) in [6.45, 7) is 0.714. The van der Waals surface area contributed by atoms with E-state index in [2.05, 4.69) is 4.74 Å². The summed E-state index contributed by atoms with van der Waals surface area (Å²) >= 11 is 0. The summed E-state index contributed by atoms with van der Waals surface area (Å²) in [4.78, 5) is 11.2. The highest BCUT2D eigenvalue weighted by atomic mass is 16.5. The number of hydrogen-bond acceptors (Lipinski definition) is 4. The molecule has 1 aromatic rings. The van der Waals surface area contributed by atoms with Gasteiger partial charge in [0.15, 0.2) is 6.10 Å². The van der Waals surface area contributed by atoms with Gasteiger partial charge >= 0.3 is 5.97 Å². The van der Waals surface area contributed by atoms with Gasteiger partial charge in [-0.05, 0) is 30.4 Å². The molecule has 1 unspecified atom stereocenters. The predicted molar refractivity (Wildman–Crippen MR) is 66.4 cm³/mol. The van der Waals surface area contributed by atoms with Crippen molar-refractivity contribution in [2.45, 2.75) is 25.4 Å². The first-order valence-electron chi connectivity index (χ1n) is 6.17. The molecule has 0 spiro atoms. The van der Waals surface area contributed by atoms with Crippen molar-refractivity contribution in [1.82, 2.24) is 0 Å². The zero-order valence-electron chi connectivity index (χ0n) is 10.5. The topological polar surface area (TPSA) is 55.8 Å². The Balaban J connectivity index is 1.99. The maximum absolute atomic E-state index is 11.2. The van der Waals surface area contributed by atoms with Gasteiger partial charge in [0, 0.05) is 6.42 Å². The molecule has 1 aliphatic rings. The predicted octanol–water partition coefficient (Wildman–Crippen LogP) is 1.55. The second-order valence-electron chi connectivity index (χ2n) is 4.61. The zero-order valence-corrected chi connectivity index (χ0v) is 10.5. The molecule has 0 heterocycles. The molecular formula is C14H18O4. The molecule has 4 heteroatoms. The summed E-state index contributed by atoms with van der Waals surface area (Å²) in [7, 11) is 1.26. The summed E-state index contributed by atoms with van der Waals surface area (Å²) in [6.07, 6.45) is 1.54. The van der Waals surface area contributed by atoms with Crippen LogP contribution in [0.15, 0.2) is 24.3 Å². The number of esters is 1. The fourth-order valence-corrected chi connectivity index (χ4v) is 1.73. The molecule has 0 bridgehead atoms. The Morgan fingerprint density at radius 3 is 2.83 bits per heavy atom. The molecule has 0 aromatic heterocycles. The minimum atomic E-state index is -1.14. The lowest BCUT2D eigenvalue weighted by Gasteiger charge is -2.13. The third-order valence-corrected chi connectivity index (χ3v) is 3.03. The van der Waals surface area contributed by atoms with Crippen molar-refractivity contribution in [3.05, 3.63) is 29.8 Å². The molecule has 2 rings (SSSR count). The molecule has 0 aliphatic heterocycles. The maximum Gasteiger partial charge on any atom is 0.335 e. The largest absolute Gasteiger partial charge is 0.493 e. The summed E-state index contributed by atoms with van der Waals surface area (Å²) < 4.78 is 10.2. The molecule has 1 aliphatic carbocycles. The number of hydrogen-bond donors (Lipinski definition) is 1. The molecule has 0 amide bonds. The van der Waals surface area contributed by atoms with Gasteiger partial charge in [-0.3, -0.25) is 0 Å². The van der Waals surface area contributed by atoms with Crippen LogP contribution in [0.3, 0.4) is 0 Å². The van der Waals surface area contributed by atoms with Crippen molar-refractivity contribution in [1.29, 1.82) is 0 Å². The normalized spacial score (nSPS) is 16.1. The third-order valence-electron chi connectivity index (χ3n) is 3.03. The van der Waals surface area contributed by atoms with Gasteiger partial charge in [0.25, 0.3) is 0 Å². The van der Waals surface area contributed by atoms with Gasteiger partial charge in [-0.1, -0.05) is 18.2 Å². The van der Waals surface area contributed by atoms with E-state index >= 15 is 0 Å². The van der Waals surface area contributed by atoms with Crippen LogP contribution in [-0.4, -0.2) is 30.9 Å². The summed E-state index contributed by atoms with van der Waals surface area (Å²) in [5.41, 5.74) is 0.830. The lowest BCUT2D eigenvalue weighted by atomic mass is 10.1. The van der Waals surface area contributed by atoms with Gasteiger partial charge in [0.1, 0.15) is 5.75 Å². The number of carbonyl (C=O) groups excluding carboxylic acids is 1. The molecule has 1 aromatic carbocycles. The fourth-order valence-electron chi connectivity index (χ4n) is 1.73. The van der Waals surface area contributed by atoms with Crippen LogP contribution in [0.5, 0.6) is 5.75 Å². The molecule has 1 fully saturated rings. The average molecular weight is 250 g/mol. The van der Waals surface area contributed by atoms with E-state index in [9.17, 15) is 9.90 Å². The lowest BCUT2D eigenvalue weighted by molar-refractivity contribution is -0.150. The van der Waals surface area contributed by atoms with Crippen molar-refractivity contribution >= 4 is 5.97 Å². The molecule has 0 radical (unpaired) electrons. The van der Waals surface area contributed by atoms with E-state index in [0.29, 0.717) is 12.5 Å². The van der Waals surface area contributed by atoms with Crippen LogP contribution in [0.25, 0.3) is 0 Å². The number of ether oxygens (including phenoxy) is 2. The SMILES string of the molecule is COC(=O)C(O)Cc1ccccc1OCC1CC1.